The molecule has 0 radical (unpaired) electrons. The van der Waals surface area contributed by atoms with E-state index in [1.165, 1.54) is 17.2 Å². The molecule has 3 aliphatic carbocycles. The minimum atomic E-state index is -0.578. The molecular formula is C25H35NO4. The first-order valence-electron chi connectivity index (χ1n) is 11.5. The molecule has 164 valence electrons. The Balaban J connectivity index is 1.35. The Hall–Kier alpha value is -1.85. The number of carbonyl (C=O) groups is 1. The van der Waals surface area contributed by atoms with Gasteiger partial charge in [0.25, 0.3) is 0 Å². The maximum atomic E-state index is 11.1. The highest BCUT2D eigenvalue weighted by atomic mass is 16.5. The molecule has 4 rings (SSSR count). The molecule has 3 aliphatic rings. The van der Waals surface area contributed by atoms with Gasteiger partial charge in [-0.2, -0.15) is 0 Å². The molecule has 0 saturated heterocycles. The standard InChI is InChI=1S/C25H35NO4/c1-3-23(28)26-12-4-5-13-30-17-7-9-18-16(14-17)6-8-20-19(18)10-11-25(2)21(20)15-22(27)24(25)29/h3,7,9,14,19-22,24,27,29H,1,4-6,8,10-13,15H2,2H3,(H,26,28)/t19-,20-,21+,22?,24?,25+/m1/s1. The largest absolute Gasteiger partial charge is 0.494 e. The number of amides is 1. The summed E-state index contributed by atoms with van der Waals surface area (Å²) in [5.74, 6) is 2.29. The average molecular weight is 414 g/mol. The molecule has 0 aliphatic heterocycles. The SMILES string of the molecule is C=CC(=O)NCCCCOc1ccc2c(c1)CC[C@@H]1[C@@H]2CC[C@]2(C)C(O)C(O)C[C@@H]12. The van der Waals surface area contributed by atoms with Crippen LogP contribution in [0.5, 0.6) is 5.75 Å². The van der Waals surface area contributed by atoms with Crippen LogP contribution in [0.4, 0.5) is 0 Å². The molecule has 1 aromatic carbocycles. The molecule has 0 bridgehead atoms. The molecule has 1 aromatic rings. The molecule has 0 spiro atoms. The van der Waals surface area contributed by atoms with Gasteiger partial charge in [0.15, 0.2) is 0 Å². The third-order valence-corrected chi connectivity index (χ3v) is 8.00. The smallest absolute Gasteiger partial charge is 0.243 e. The summed E-state index contributed by atoms with van der Waals surface area (Å²) in [7, 11) is 0. The van der Waals surface area contributed by atoms with Crippen LogP contribution < -0.4 is 10.1 Å². The molecule has 2 fully saturated rings. The molecule has 3 N–H and O–H groups in total. The van der Waals surface area contributed by atoms with E-state index in [-0.39, 0.29) is 11.3 Å². The summed E-state index contributed by atoms with van der Waals surface area (Å²) in [6.45, 7) is 6.91. The van der Waals surface area contributed by atoms with Crippen LogP contribution in [0, 0.1) is 17.3 Å². The normalized spacial score (nSPS) is 34.4. The van der Waals surface area contributed by atoms with Gasteiger partial charge in [-0.15, -0.1) is 0 Å². The van der Waals surface area contributed by atoms with Gasteiger partial charge < -0.3 is 20.3 Å². The zero-order chi connectivity index (χ0) is 21.3. The maximum absolute atomic E-state index is 11.1. The first-order valence-corrected chi connectivity index (χ1v) is 11.5. The molecule has 5 nitrogen and oxygen atoms in total. The Morgan fingerprint density at radius 3 is 2.97 bits per heavy atom. The Labute approximate surface area is 179 Å². The molecule has 0 heterocycles. The van der Waals surface area contributed by atoms with Crippen molar-refractivity contribution in [1.29, 1.82) is 0 Å². The minimum absolute atomic E-state index is 0.131. The van der Waals surface area contributed by atoms with Crippen LogP contribution in [0.15, 0.2) is 30.9 Å². The van der Waals surface area contributed by atoms with Gasteiger partial charge in [0.05, 0.1) is 18.8 Å². The summed E-state index contributed by atoms with van der Waals surface area (Å²) < 4.78 is 5.96. The summed E-state index contributed by atoms with van der Waals surface area (Å²) in [4.78, 5) is 11.1. The molecule has 6 atom stereocenters. The quantitative estimate of drug-likeness (QED) is 0.473. The lowest BCUT2D eigenvalue weighted by molar-refractivity contribution is -0.116. The van der Waals surface area contributed by atoms with E-state index >= 15 is 0 Å². The fourth-order valence-electron chi connectivity index (χ4n) is 6.34. The lowest BCUT2D eigenvalue weighted by Crippen LogP contribution is -2.44. The lowest BCUT2D eigenvalue weighted by atomic mass is 9.55. The van der Waals surface area contributed by atoms with Crippen molar-refractivity contribution in [2.24, 2.45) is 17.3 Å². The first-order chi connectivity index (χ1) is 14.4. The van der Waals surface area contributed by atoms with Gasteiger partial charge in [-0.1, -0.05) is 19.6 Å². The molecule has 1 amide bonds. The Morgan fingerprint density at radius 2 is 2.17 bits per heavy atom. The second-order valence-electron chi connectivity index (χ2n) is 9.62. The van der Waals surface area contributed by atoms with Crippen LogP contribution >= 0.6 is 0 Å². The predicted octanol–water partition coefficient (Wildman–Crippen LogP) is 3.34. The Bertz CT molecular complexity index is 793. The van der Waals surface area contributed by atoms with Crippen molar-refractivity contribution in [3.05, 3.63) is 42.0 Å². The number of aliphatic hydroxyl groups excluding tert-OH is 2. The van der Waals surface area contributed by atoms with Gasteiger partial charge in [0.2, 0.25) is 5.91 Å². The first kappa shape index (κ1) is 21.4. The van der Waals surface area contributed by atoms with Gasteiger partial charge in [0.1, 0.15) is 5.75 Å². The maximum Gasteiger partial charge on any atom is 0.243 e. The number of ether oxygens (including phenoxy) is 1. The van der Waals surface area contributed by atoms with Gasteiger partial charge in [0, 0.05) is 6.54 Å². The van der Waals surface area contributed by atoms with E-state index in [0.717, 1.165) is 50.7 Å². The third kappa shape index (κ3) is 3.90. The molecule has 5 heteroatoms. The Morgan fingerprint density at radius 1 is 1.33 bits per heavy atom. The van der Waals surface area contributed by atoms with E-state index in [2.05, 4.69) is 37.0 Å². The lowest BCUT2D eigenvalue weighted by Gasteiger charge is -2.49. The van der Waals surface area contributed by atoms with Crippen molar-refractivity contribution < 1.29 is 19.7 Å². The van der Waals surface area contributed by atoms with Crippen molar-refractivity contribution in [3.8, 4) is 5.75 Å². The van der Waals surface area contributed by atoms with Crippen LogP contribution in [-0.4, -0.2) is 41.5 Å². The highest BCUT2D eigenvalue weighted by Crippen LogP contribution is 2.60. The highest BCUT2D eigenvalue weighted by Gasteiger charge is 2.57. The van der Waals surface area contributed by atoms with Crippen LogP contribution in [0.3, 0.4) is 0 Å². The van der Waals surface area contributed by atoms with Crippen molar-refractivity contribution in [3.63, 3.8) is 0 Å². The van der Waals surface area contributed by atoms with Crippen molar-refractivity contribution >= 4 is 5.91 Å². The van der Waals surface area contributed by atoms with Crippen LogP contribution in [0.2, 0.25) is 0 Å². The number of rotatable bonds is 7. The third-order valence-electron chi connectivity index (χ3n) is 8.00. The number of benzene rings is 1. The van der Waals surface area contributed by atoms with Gasteiger partial charge >= 0.3 is 0 Å². The number of hydrogen-bond acceptors (Lipinski definition) is 4. The molecule has 0 aromatic heterocycles. The fraction of sp³-hybridized carbons (Fsp3) is 0.640. The number of carbonyl (C=O) groups excluding carboxylic acids is 1. The number of nitrogens with one attached hydrogen (secondary N) is 1. The summed E-state index contributed by atoms with van der Waals surface area (Å²) in [5, 5.41) is 23.6. The summed E-state index contributed by atoms with van der Waals surface area (Å²) in [6, 6.07) is 6.54. The van der Waals surface area contributed by atoms with Gasteiger partial charge in [-0.25, -0.2) is 0 Å². The number of fused-ring (bicyclic) bond motifs is 5. The average Bonchev–Trinajstić information content (AvgIpc) is 2.99. The van der Waals surface area contributed by atoms with E-state index in [0.29, 0.717) is 30.9 Å². The van der Waals surface area contributed by atoms with Crippen LogP contribution in [0.1, 0.15) is 62.5 Å². The molecular weight excluding hydrogens is 378 g/mol. The summed E-state index contributed by atoms with van der Waals surface area (Å²) in [6.07, 6.45) is 6.90. The number of aliphatic hydroxyl groups is 2. The molecule has 2 saturated carbocycles. The van der Waals surface area contributed by atoms with Crippen molar-refractivity contribution in [1.82, 2.24) is 5.32 Å². The summed E-state index contributed by atoms with van der Waals surface area (Å²) in [5.41, 5.74) is 2.71. The predicted molar refractivity (Wildman–Crippen MR) is 116 cm³/mol. The van der Waals surface area contributed by atoms with E-state index in [4.69, 9.17) is 4.74 Å². The topological polar surface area (TPSA) is 78.8 Å². The van der Waals surface area contributed by atoms with Crippen molar-refractivity contribution in [2.45, 2.75) is 70.0 Å². The Kier molecular flexibility index (Phi) is 6.21. The van der Waals surface area contributed by atoms with E-state index in [9.17, 15) is 15.0 Å². The minimum Gasteiger partial charge on any atom is -0.494 e. The highest BCUT2D eigenvalue weighted by molar-refractivity contribution is 5.86. The van der Waals surface area contributed by atoms with Crippen molar-refractivity contribution in [2.75, 3.05) is 13.2 Å². The molecule has 30 heavy (non-hydrogen) atoms. The number of aryl methyl sites for hydroxylation is 1. The van der Waals surface area contributed by atoms with Crippen LogP contribution in [0.25, 0.3) is 0 Å². The number of hydrogen-bond donors (Lipinski definition) is 3. The van der Waals surface area contributed by atoms with E-state index in [1.54, 1.807) is 0 Å². The summed E-state index contributed by atoms with van der Waals surface area (Å²) >= 11 is 0. The zero-order valence-electron chi connectivity index (χ0n) is 18.0. The second-order valence-corrected chi connectivity index (χ2v) is 9.62. The van der Waals surface area contributed by atoms with Gasteiger partial charge in [-0.3, -0.25) is 4.79 Å². The zero-order valence-corrected chi connectivity index (χ0v) is 18.0. The molecule has 2 unspecified atom stereocenters. The fourth-order valence-corrected chi connectivity index (χ4v) is 6.34. The second kappa shape index (κ2) is 8.72. The van der Waals surface area contributed by atoms with E-state index < -0.39 is 12.2 Å². The van der Waals surface area contributed by atoms with E-state index in [1.807, 2.05) is 0 Å². The van der Waals surface area contributed by atoms with Crippen LogP contribution in [-0.2, 0) is 11.2 Å². The van der Waals surface area contributed by atoms with Gasteiger partial charge in [-0.05, 0) is 97.5 Å². The monoisotopic (exact) mass is 413 g/mol. The number of unbranched alkanes of at least 4 members (excludes halogenated alkanes) is 1.